The minimum atomic E-state index is -4.05. The van der Waals surface area contributed by atoms with E-state index in [-0.39, 0.29) is 28.6 Å². The number of sulfonamides is 1. The minimum Gasteiger partial charge on any atom is -0.382 e. The van der Waals surface area contributed by atoms with Gasteiger partial charge in [0.2, 0.25) is 0 Å². The van der Waals surface area contributed by atoms with Crippen LogP contribution in [0.25, 0.3) is 0 Å². The van der Waals surface area contributed by atoms with Crippen molar-refractivity contribution in [1.29, 1.82) is 5.26 Å². The van der Waals surface area contributed by atoms with Gasteiger partial charge >= 0.3 is 0 Å². The van der Waals surface area contributed by atoms with E-state index in [9.17, 15) is 13.2 Å². The van der Waals surface area contributed by atoms with Crippen LogP contribution in [0.1, 0.15) is 30.9 Å². The molecule has 2 saturated heterocycles. The topological polar surface area (TPSA) is 130 Å². The summed E-state index contributed by atoms with van der Waals surface area (Å²) in [7, 11) is -4.05. The van der Waals surface area contributed by atoms with Crippen LogP contribution < -0.4 is 10.9 Å². The first-order valence-corrected chi connectivity index (χ1v) is 12.7. The fourth-order valence-corrected chi connectivity index (χ4v) is 5.69. The van der Waals surface area contributed by atoms with E-state index in [1.165, 1.54) is 18.3 Å². The van der Waals surface area contributed by atoms with Gasteiger partial charge in [-0.05, 0) is 37.3 Å². The molecule has 0 aliphatic carbocycles. The lowest BCUT2D eigenvalue weighted by Gasteiger charge is -2.34. The van der Waals surface area contributed by atoms with Crippen LogP contribution in [0.5, 0.6) is 0 Å². The molecule has 4 heterocycles. The highest BCUT2D eigenvalue weighted by Gasteiger charge is 2.38. The quantitative estimate of drug-likeness (QED) is 0.624. The van der Waals surface area contributed by atoms with Crippen molar-refractivity contribution >= 4 is 27.3 Å². The van der Waals surface area contributed by atoms with Crippen LogP contribution in [0.3, 0.4) is 0 Å². The molecule has 34 heavy (non-hydrogen) atoms. The number of piperidine rings is 1. The number of rotatable bonds is 6. The smallest absolute Gasteiger partial charge is 0.288 e. The lowest BCUT2D eigenvalue weighted by molar-refractivity contribution is 0.0595. The maximum atomic E-state index is 15.1. The lowest BCUT2D eigenvalue weighted by atomic mass is 10.0. The van der Waals surface area contributed by atoms with Gasteiger partial charge in [0.15, 0.2) is 5.03 Å². The number of ether oxygens (including phenoxy) is 1. The average molecular weight is 511 g/mol. The molecule has 182 valence electrons. The second kappa shape index (κ2) is 10.4. The Morgan fingerprint density at radius 3 is 2.79 bits per heavy atom. The van der Waals surface area contributed by atoms with Crippen LogP contribution in [0, 0.1) is 17.2 Å². The number of alkyl halides is 1. The summed E-state index contributed by atoms with van der Waals surface area (Å²) >= 11 is 6.26. The molecular formula is C21H24ClFN6O4S. The fraction of sp³-hybridized carbons (Fsp3) is 0.524. The molecule has 2 aliphatic heterocycles. The van der Waals surface area contributed by atoms with Gasteiger partial charge in [-0.25, -0.2) is 22.5 Å². The molecule has 0 saturated carbocycles. The standard InChI is InChI=1S/C21H24ClFN6O4S/c22-20-17(25-10-15-2-1-7-33-13-15)11-27-29(21(20)30)18-5-6-28(12-16(18)23)34(31,32)19-4-3-14(8-24)9-26-19/h3-4,9,11,15-16,18,25H,1-2,5-7,10,12-13H2/t15-,16-,18+/m0/s1. The Labute approximate surface area is 201 Å². The van der Waals surface area contributed by atoms with Crippen molar-refractivity contribution in [2.75, 3.05) is 38.2 Å². The summed E-state index contributed by atoms with van der Waals surface area (Å²) in [5.41, 5.74) is -0.0477. The van der Waals surface area contributed by atoms with Crippen molar-refractivity contribution in [2.24, 2.45) is 5.92 Å². The molecule has 4 rings (SSSR count). The second-order valence-electron chi connectivity index (χ2n) is 8.32. The van der Waals surface area contributed by atoms with Crippen LogP contribution in [0.15, 0.2) is 34.3 Å². The van der Waals surface area contributed by atoms with Crippen LogP contribution in [-0.4, -0.2) is 66.5 Å². The van der Waals surface area contributed by atoms with Crippen molar-refractivity contribution in [3.63, 3.8) is 0 Å². The van der Waals surface area contributed by atoms with Gasteiger partial charge in [0.05, 0.1) is 30.1 Å². The van der Waals surface area contributed by atoms with Crippen molar-refractivity contribution in [1.82, 2.24) is 19.1 Å². The molecule has 13 heteroatoms. The molecule has 0 radical (unpaired) electrons. The summed E-state index contributed by atoms with van der Waals surface area (Å²) in [4.78, 5) is 16.6. The largest absolute Gasteiger partial charge is 0.382 e. The third-order valence-corrected chi connectivity index (χ3v) is 8.18. The Hall–Kier alpha value is -2.59. The predicted octanol–water partition coefficient (Wildman–Crippen LogP) is 1.98. The number of halogens is 2. The van der Waals surface area contributed by atoms with Crippen LogP contribution >= 0.6 is 11.6 Å². The summed E-state index contributed by atoms with van der Waals surface area (Å²) in [5.74, 6) is 0.305. The van der Waals surface area contributed by atoms with E-state index < -0.39 is 34.3 Å². The summed E-state index contributed by atoms with van der Waals surface area (Å²) in [5, 5.41) is 15.7. The molecule has 10 nitrogen and oxygen atoms in total. The van der Waals surface area contributed by atoms with E-state index in [1.54, 1.807) is 0 Å². The first-order valence-electron chi connectivity index (χ1n) is 10.9. The molecule has 0 spiro atoms. The maximum absolute atomic E-state index is 15.1. The van der Waals surface area contributed by atoms with Crippen molar-refractivity contribution in [3.05, 3.63) is 45.5 Å². The highest BCUT2D eigenvalue weighted by atomic mass is 35.5. The van der Waals surface area contributed by atoms with E-state index in [2.05, 4.69) is 15.4 Å². The average Bonchev–Trinajstić information content (AvgIpc) is 2.86. The van der Waals surface area contributed by atoms with E-state index in [0.29, 0.717) is 24.8 Å². The zero-order valence-electron chi connectivity index (χ0n) is 18.2. The van der Waals surface area contributed by atoms with E-state index >= 15 is 4.39 Å². The van der Waals surface area contributed by atoms with Gasteiger partial charge in [0.25, 0.3) is 15.6 Å². The molecule has 2 aliphatic rings. The zero-order valence-corrected chi connectivity index (χ0v) is 19.8. The van der Waals surface area contributed by atoms with E-state index in [0.717, 1.165) is 34.6 Å². The maximum Gasteiger partial charge on any atom is 0.288 e. The van der Waals surface area contributed by atoms with Gasteiger partial charge in [-0.2, -0.15) is 14.7 Å². The molecule has 2 fully saturated rings. The first kappa shape index (κ1) is 24.5. The molecule has 0 amide bonds. The van der Waals surface area contributed by atoms with Gasteiger partial charge in [-0.3, -0.25) is 4.79 Å². The lowest BCUT2D eigenvalue weighted by Crippen LogP contribution is -2.48. The number of pyridine rings is 1. The SMILES string of the molecule is N#Cc1ccc(S(=O)(=O)N2CC[C@@H](n3ncc(NC[C@@H]4CCCOC4)c(Cl)c3=O)[C@@H](F)C2)nc1. The fourth-order valence-electron chi connectivity index (χ4n) is 4.12. The molecule has 1 N–H and O–H groups in total. The third kappa shape index (κ3) is 5.07. The monoisotopic (exact) mass is 510 g/mol. The third-order valence-electron chi connectivity index (χ3n) is 6.03. The zero-order chi connectivity index (χ0) is 24.3. The Kier molecular flexibility index (Phi) is 7.47. The number of nitrogens with one attached hydrogen (secondary N) is 1. The minimum absolute atomic E-state index is 0.0253. The number of nitrogens with zero attached hydrogens (tertiary/aromatic N) is 5. The number of nitriles is 1. The summed E-state index contributed by atoms with van der Waals surface area (Å²) in [6.07, 6.45) is 2.89. The molecule has 0 bridgehead atoms. The van der Waals surface area contributed by atoms with Gasteiger partial charge in [0, 0.05) is 32.4 Å². The Bertz CT molecular complexity index is 1230. The van der Waals surface area contributed by atoms with E-state index in [4.69, 9.17) is 21.6 Å². The van der Waals surface area contributed by atoms with Crippen LogP contribution in [-0.2, 0) is 14.8 Å². The number of anilines is 1. The molecule has 2 aromatic heterocycles. The number of aromatic nitrogens is 3. The molecule has 0 unspecified atom stereocenters. The number of hydrogen-bond acceptors (Lipinski definition) is 8. The van der Waals surface area contributed by atoms with Gasteiger partial charge in [0.1, 0.15) is 17.3 Å². The van der Waals surface area contributed by atoms with Crippen molar-refractivity contribution in [3.8, 4) is 6.07 Å². The van der Waals surface area contributed by atoms with Gasteiger partial charge < -0.3 is 10.1 Å². The summed E-state index contributed by atoms with van der Waals surface area (Å²) < 4.78 is 48.2. The Morgan fingerprint density at radius 2 is 2.15 bits per heavy atom. The van der Waals surface area contributed by atoms with Crippen molar-refractivity contribution < 1.29 is 17.5 Å². The van der Waals surface area contributed by atoms with Crippen LogP contribution in [0.2, 0.25) is 5.02 Å². The summed E-state index contributed by atoms with van der Waals surface area (Å²) in [6, 6.07) is 3.46. The number of hydrogen-bond donors (Lipinski definition) is 1. The first-order chi connectivity index (χ1) is 16.3. The molecular weight excluding hydrogens is 487 g/mol. The second-order valence-corrected chi connectivity index (χ2v) is 10.6. The Balaban J connectivity index is 1.45. The molecule has 0 aromatic carbocycles. The van der Waals surface area contributed by atoms with Crippen molar-refractivity contribution in [2.45, 2.75) is 36.5 Å². The Morgan fingerprint density at radius 1 is 1.32 bits per heavy atom. The van der Waals surface area contributed by atoms with E-state index in [1.807, 2.05) is 6.07 Å². The highest BCUT2D eigenvalue weighted by molar-refractivity contribution is 7.89. The van der Waals surface area contributed by atoms with Gasteiger partial charge in [-0.15, -0.1) is 0 Å². The highest BCUT2D eigenvalue weighted by Crippen LogP contribution is 2.28. The molecule has 2 aromatic rings. The van der Waals surface area contributed by atoms with Crippen LogP contribution in [0.4, 0.5) is 10.1 Å². The normalized spacial score (nSPS) is 23.9. The summed E-state index contributed by atoms with van der Waals surface area (Å²) in [6.45, 7) is 1.49. The van der Waals surface area contributed by atoms with Gasteiger partial charge in [-0.1, -0.05) is 11.6 Å². The molecule has 3 atom stereocenters. The predicted molar refractivity (Wildman–Crippen MR) is 122 cm³/mol.